The third-order valence-electron chi connectivity index (χ3n) is 8.68. The average molecular weight is 545 g/mol. The molecule has 1 amide bonds. The molecule has 41 heavy (non-hydrogen) atoms. The van der Waals surface area contributed by atoms with Crippen molar-refractivity contribution in [3.05, 3.63) is 113 Å². The number of rotatable bonds is 9. The molecule has 1 aromatic heterocycles. The standard InChI is InChI=1S/C35H36N4O2/c36-35(22-27-14-13-26(21-31(27)35)33(40)20-25-6-2-1-3-7-25)23-37-19-17-24-11-15-28(16-12-24)39-34(41)30-8-4-10-32-29(30)9-5-18-38-32/h1-10,13-14,18,21,23-24,28H,11-12,15-17,19-20,22,36H2,(H,39,41). The van der Waals surface area contributed by atoms with E-state index < -0.39 is 5.54 Å². The van der Waals surface area contributed by atoms with Crippen molar-refractivity contribution in [1.29, 1.82) is 0 Å². The first-order valence-corrected chi connectivity index (χ1v) is 14.6. The number of amides is 1. The van der Waals surface area contributed by atoms with Gasteiger partial charge in [0.15, 0.2) is 5.78 Å². The van der Waals surface area contributed by atoms with Crippen molar-refractivity contribution in [3.63, 3.8) is 0 Å². The first-order valence-electron chi connectivity index (χ1n) is 14.6. The molecule has 6 heteroatoms. The van der Waals surface area contributed by atoms with E-state index in [4.69, 9.17) is 10.7 Å². The number of fused-ring (bicyclic) bond motifs is 2. The van der Waals surface area contributed by atoms with Gasteiger partial charge in [0.25, 0.3) is 5.91 Å². The lowest BCUT2D eigenvalue weighted by molar-refractivity contribution is 0.0922. The summed E-state index contributed by atoms with van der Waals surface area (Å²) in [4.78, 5) is 34.9. The van der Waals surface area contributed by atoms with Crippen LogP contribution in [-0.4, -0.2) is 35.5 Å². The van der Waals surface area contributed by atoms with Gasteiger partial charge < -0.3 is 11.1 Å². The van der Waals surface area contributed by atoms with Crippen LogP contribution in [0.1, 0.15) is 69.5 Å². The van der Waals surface area contributed by atoms with Crippen LogP contribution in [0.4, 0.5) is 0 Å². The molecule has 0 radical (unpaired) electrons. The van der Waals surface area contributed by atoms with Gasteiger partial charge in [-0.25, -0.2) is 0 Å². The van der Waals surface area contributed by atoms with Gasteiger partial charge in [0.2, 0.25) is 0 Å². The number of nitrogens with two attached hydrogens (primary N) is 1. The number of hydrogen-bond acceptors (Lipinski definition) is 5. The predicted molar refractivity (Wildman–Crippen MR) is 163 cm³/mol. The van der Waals surface area contributed by atoms with Gasteiger partial charge in [-0.15, -0.1) is 0 Å². The number of nitrogens with zero attached hydrogens (tertiary/aromatic N) is 2. The Labute approximate surface area is 241 Å². The summed E-state index contributed by atoms with van der Waals surface area (Å²) < 4.78 is 0. The van der Waals surface area contributed by atoms with Crippen LogP contribution >= 0.6 is 0 Å². The van der Waals surface area contributed by atoms with Crippen LogP contribution in [0.25, 0.3) is 10.9 Å². The lowest BCUT2D eigenvalue weighted by Crippen LogP contribution is -2.49. The molecular formula is C35H36N4O2. The summed E-state index contributed by atoms with van der Waals surface area (Å²) in [6, 6.07) is 25.4. The van der Waals surface area contributed by atoms with Crippen molar-refractivity contribution in [1.82, 2.24) is 10.3 Å². The van der Waals surface area contributed by atoms with Gasteiger partial charge in [0.05, 0.1) is 11.1 Å². The summed E-state index contributed by atoms with van der Waals surface area (Å²) in [6.45, 7) is 0.742. The van der Waals surface area contributed by atoms with Crippen LogP contribution < -0.4 is 11.1 Å². The Bertz CT molecular complexity index is 1590. The van der Waals surface area contributed by atoms with E-state index in [2.05, 4.69) is 10.3 Å². The van der Waals surface area contributed by atoms with Crippen LogP contribution in [0.2, 0.25) is 0 Å². The zero-order valence-electron chi connectivity index (χ0n) is 23.3. The molecule has 0 saturated heterocycles. The highest BCUT2D eigenvalue weighted by Crippen LogP contribution is 2.37. The van der Waals surface area contributed by atoms with Crippen molar-refractivity contribution in [3.8, 4) is 0 Å². The quantitative estimate of drug-likeness (QED) is 0.205. The van der Waals surface area contributed by atoms with Crippen molar-refractivity contribution in [2.24, 2.45) is 16.6 Å². The number of nitrogens with one attached hydrogen (secondary N) is 1. The van der Waals surface area contributed by atoms with E-state index in [1.54, 1.807) is 6.20 Å². The number of hydrogen-bond donors (Lipinski definition) is 2. The highest BCUT2D eigenvalue weighted by Gasteiger charge is 2.38. The molecule has 2 aliphatic carbocycles. The lowest BCUT2D eigenvalue weighted by atomic mass is 9.71. The van der Waals surface area contributed by atoms with E-state index in [0.717, 1.165) is 67.1 Å². The molecule has 0 aliphatic heterocycles. The summed E-state index contributed by atoms with van der Waals surface area (Å²) in [7, 11) is 0. The molecule has 1 heterocycles. The van der Waals surface area contributed by atoms with Crippen LogP contribution in [0, 0.1) is 5.92 Å². The van der Waals surface area contributed by atoms with Gasteiger partial charge in [-0.1, -0.05) is 54.6 Å². The first-order chi connectivity index (χ1) is 20.0. The summed E-state index contributed by atoms with van der Waals surface area (Å²) in [5.74, 6) is 0.688. The Morgan fingerprint density at radius 2 is 1.80 bits per heavy atom. The molecule has 1 saturated carbocycles. The smallest absolute Gasteiger partial charge is 0.252 e. The average Bonchev–Trinajstić information content (AvgIpc) is 3.00. The molecular weight excluding hydrogens is 508 g/mol. The molecule has 0 spiro atoms. The van der Waals surface area contributed by atoms with Crippen molar-refractivity contribution in [2.75, 3.05) is 6.54 Å². The third kappa shape index (κ3) is 5.98. The summed E-state index contributed by atoms with van der Waals surface area (Å²) >= 11 is 0. The second-order valence-electron chi connectivity index (χ2n) is 11.6. The van der Waals surface area contributed by atoms with Gasteiger partial charge in [-0.3, -0.25) is 19.6 Å². The first kappa shape index (κ1) is 27.0. The minimum Gasteiger partial charge on any atom is -0.349 e. The van der Waals surface area contributed by atoms with Crippen molar-refractivity contribution in [2.45, 2.75) is 56.5 Å². The minimum atomic E-state index is -0.600. The van der Waals surface area contributed by atoms with Gasteiger partial charge in [-0.2, -0.15) is 0 Å². The van der Waals surface area contributed by atoms with Crippen molar-refractivity contribution < 1.29 is 9.59 Å². The molecule has 4 aromatic rings. The second kappa shape index (κ2) is 11.8. The normalized spacial score (nSPS) is 21.8. The lowest BCUT2D eigenvalue weighted by Gasteiger charge is -2.38. The number of pyridine rings is 1. The highest BCUT2D eigenvalue weighted by atomic mass is 16.1. The van der Waals surface area contributed by atoms with Crippen LogP contribution in [0.3, 0.4) is 0 Å². The molecule has 2 aliphatic rings. The molecule has 1 atom stereocenters. The number of Topliss-reactive ketones (excluding diaryl/α,β-unsaturated/α-hetero) is 1. The monoisotopic (exact) mass is 544 g/mol. The van der Waals surface area contributed by atoms with Gasteiger partial charge in [0, 0.05) is 54.4 Å². The molecule has 3 aromatic carbocycles. The molecule has 6 rings (SSSR count). The van der Waals surface area contributed by atoms with Crippen LogP contribution in [-0.2, 0) is 18.4 Å². The number of ketones is 1. The molecule has 208 valence electrons. The molecule has 1 fully saturated rings. The number of carbonyl (C=O) groups is 2. The molecule has 1 unspecified atom stereocenters. The second-order valence-corrected chi connectivity index (χ2v) is 11.6. The van der Waals surface area contributed by atoms with E-state index in [1.165, 1.54) is 5.56 Å². The largest absolute Gasteiger partial charge is 0.349 e. The SMILES string of the molecule is NC1(C=NCCC2CCC(NC(=O)c3cccc4ncccc34)CC2)Cc2ccc(C(=O)Cc3ccccc3)cc21. The van der Waals surface area contributed by atoms with Crippen LogP contribution in [0.5, 0.6) is 0 Å². The number of carbonyl (C=O) groups excluding carboxylic acids is 2. The maximum Gasteiger partial charge on any atom is 0.252 e. The van der Waals surface area contributed by atoms with E-state index in [0.29, 0.717) is 23.5 Å². The van der Waals surface area contributed by atoms with Gasteiger partial charge in [0.1, 0.15) is 0 Å². The molecule has 0 bridgehead atoms. The zero-order chi connectivity index (χ0) is 28.2. The minimum absolute atomic E-state index is 0.0180. The van der Waals surface area contributed by atoms with E-state index in [9.17, 15) is 9.59 Å². The van der Waals surface area contributed by atoms with Crippen molar-refractivity contribution >= 4 is 28.8 Å². The van der Waals surface area contributed by atoms with Gasteiger partial charge in [-0.05, 0) is 79.0 Å². The van der Waals surface area contributed by atoms with Crippen LogP contribution in [0.15, 0.2) is 90.1 Å². The Morgan fingerprint density at radius 3 is 2.63 bits per heavy atom. The summed E-state index contributed by atoms with van der Waals surface area (Å²) in [6.07, 6.45) is 9.93. The molecule has 3 N–H and O–H groups in total. The predicted octanol–water partition coefficient (Wildman–Crippen LogP) is 5.82. The summed E-state index contributed by atoms with van der Waals surface area (Å²) in [5.41, 5.74) is 11.5. The van der Waals surface area contributed by atoms with E-state index in [-0.39, 0.29) is 17.7 Å². The fraction of sp³-hybridized carbons (Fsp3) is 0.314. The van der Waals surface area contributed by atoms with Gasteiger partial charge >= 0.3 is 0 Å². The summed E-state index contributed by atoms with van der Waals surface area (Å²) in [5, 5.41) is 4.14. The Kier molecular flexibility index (Phi) is 7.75. The maximum absolute atomic E-state index is 13.0. The highest BCUT2D eigenvalue weighted by molar-refractivity contribution is 6.06. The van der Waals surface area contributed by atoms with E-state index >= 15 is 0 Å². The Hall–Kier alpha value is -4.16. The Morgan fingerprint density at radius 1 is 0.976 bits per heavy atom. The number of aromatic nitrogens is 1. The zero-order valence-corrected chi connectivity index (χ0v) is 23.3. The number of benzene rings is 3. The third-order valence-corrected chi connectivity index (χ3v) is 8.68. The number of aliphatic imine (C=N–C) groups is 1. The fourth-order valence-electron chi connectivity index (χ4n) is 6.28. The fourth-order valence-corrected chi connectivity index (χ4v) is 6.28. The molecule has 6 nitrogen and oxygen atoms in total. The van der Waals surface area contributed by atoms with E-state index in [1.807, 2.05) is 85.1 Å². The maximum atomic E-state index is 13.0. The topological polar surface area (TPSA) is 97.4 Å². The Balaban J connectivity index is 0.974.